The number of benzene rings is 1. The second-order valence-corrected chi connectivity index (χ2v) is 4.48. The lowest BCUT2D eigenvalue weighted by molar-refractivity contribution is 0.0979. The van der Waals surface area contributed by atoms with Crippen LogP contribution in [0.25, 0.3) is 10.9 Å². The Kier molecular flexibility index (Phi) is 2.69. The first-order valence-electron chi connectivity index (χ1n) is 6.04. The third-order valence-electron chi connectivity index (χ3n) is 3.31. The Bertz CT molecular complexity index is 582. The fourth-order valence-electron chi connectivity index (χ4n) is 2.43. The summed E-state index contributed by atoms with van der Waals surface area (Å²) in [5, 5.41) is 0.785. The van der Waals surface area contributed by atoms with E-state index in [1.165, 1.54) is 0 Å². The van der Waals surface area contributed by atoms with Crippen LogP contribution in [-0.4, -0.2) is 17.3 Å². The van der Waals surface area contributed by atoms with Gasteiger partial charge < -0.3 is 9.30 Å². The van der Waals surface area contributed by atoms with Crippen molar-refractivity contribution in [1.29, 1.82) is 0 Å². The molecule has 0 unspecified atom stereocenters. The van der Waals surface area contributed by atoms with Gasteiger partial charge in [0.25, 0.3) is 0 Å². The van der Waals surface area contributed by atoms with Crippen LogP contribution in [0, 0.1) is 0 Å². The molecule has 1 aliphatic heterocycles. The van der Waals surface area contributed by atoms with Crippen molar-refractivity contribution in [3.8, 4) is 0 Å². The normalized spacial score (nSPS) is 19.9. The number of hydrogen-bond donors (Lipinski definition) is 0. The van der Waals surface area contributed by atoms with E-state index >= 15 is 0 Å². The Morgan fingerprint density at radius 3 is 3.00 bits per heavy atom. The standard InChI is InChI=1S/C14H15NO2/c16-14-7-8-15(10-11-4-3-9-17-11)13-6-2-1-5-12(13)14/h1-2,5-8,11H,3-4,9-10H2/t11-/m0/s1. The van der Waals surface area contributed by atoms with Crippen LogP contribution in [0.1, 0.15) is 12.8 Å². The Morgan fingerprint density at radius 1 is 1.29 bits per heavy atom. The summed E-state index contributed by atoms with van der Waals surface area (Å²) in [7, 11) is 0. The average molecular weight is 229 g/mol. The maximum Gasteiger partial charge on any atom is 0.189 e. The lowest BCUT2D eigenvalue weighted by Crippen LogP contribution is -2.17. The molecule has 1 saturated heterocycles. The van der Waals surface area contributed by atoms with Crippen molar-refractivity contribution in [2.75, 3.05) is 6.61 Å². The molecule has 0 bridgehead atoms. The Morgan fingerprint density at radius 2 is 2.18 bits per heavy atom. The molecule has 88 valence electrons. The predicted molar refractivity (Wildman–Crippen MR) is 67.2 cm³/mol. The lowest BCUT2D eigenvalue weighted by Gasteiger charge is -2.14. The van der Waals surface area contributed by atoms with Crippen molar-refractivity contribution in [1.82, 2.24) is 4.57 Å². The van der Waals surface area contributed by atoms with Crippen LogP contribution in [0.3, 0.4) is 0 Å². The van der Waals surface area contributed by atoms with Gasteiger partial charge in [-0.15, -0.1) is 0 Å². The highest BCUT2D eigenvalue weighted by atomic mass is 16.5. The molecule has 3 nitrogen and oxygen atoms in total. The number of pyridine rings is 1. The van der Waals surface area contributed by atoms with Gasteiger partial charge >= 0.3 is 0 Å². The van der Waals surface area contributed by atoms with Crippen LogP contribution < -0.4 is 5.43 Å². The second-order valence-electron chi connectivity index (χ2n) is 4.48. The fourth-order valence-corrected chi connectivity index (χ4v) is 2.43. The first-order chi connectivity index (χ1) is 8.34. The molecule has 1 aromatic heterocycles. The SMILES string of the molecule is O=c1ccn(C[C@@H]2CCCO2)c2ccccc12. The van der Waals surface area contributed by atoms with E-state index < -0.39 is 0 Å². The van der Waals surface area contributed by atoms with Crippen molar-refractivity contribution < 1.29 is 4.74 Å². The molecule has 0 amide bonds. The third-order valence-corrected chi connectivity index (χ3v) is 3.31. The number of ether oxygens (including phenoxy) is 1. The van der Waals surface area contributed by atoms with Gasteiger partial charge in [0, 0.05) is 30.8 Å². The highest BCUT2D eigenvalue weighted by molar-refractivity contribution is 5.78. The molecule has 0 aliphatic carbocycles. The molecule has 2 aromatic rings. The quantitative estimate of drug-likeness (QED) is 0.790. The Hall–Kier alpha value is -1.61. The van der Waals surface area contributed by atoms with Gasteiger partial charge in [0.2, 0.25) is 0 Å². The maximum atomic E-state index is 11.7. The number of fused-ring (bicyclic) bond motifs is 1. The van der Waals surface area contributed by atoms with Gasteiger partial charge in [0.1, 0.15) is 0 Å². The number of aromatic nitrogens is 1. The van der Waals surface area contributed by atoms with Gasteiger partial charge in [0.15, 0.2) is 5.43 Å². The minimum Gasteiger partial charge on any atom is -0.376 e. The molecule has 2 heterocycles. The summed E-state index contributed by atoms with van der Waals surface area (Å²) < 4.78 is 7.75. The molecule has 1 aromatic carbocycles. The van der Waals surface area contributed by atoms with E-state index in [2.05, 4.69) is 4.57 Å². The Labute approximate surface area is 99.6 Å². The van der Waals surface area contributed by atoms with Crippen molar-refractivity contribution in [2.24, 2.45) is 0 Å². The third kappa shape index (κ3) is 1.98. The summed E-state index contributed by atoms with van der Waals surface area (Å²) in [6.07, 6.45) is 4.41. The molecule has 1 atom stereocenters. The molecule has 0 radical (unpaired) electrons. The van der Waals surface area contributed by atoms with Crippen molar-refractivity contribution in [2.45, 2.75) is 25.5 Å². The predicted octanol–water partition coefficient (Wildman–Crippen LogP) is 2.18. The molecule has 1 aliphatic rings. The molecule has 17 heavy (non-hydrogen) atoms. The molecule has 0 spiro atoms. The van der Waals surface area contributed by atoms with E-state index in [-0.39, 0.29) is 5.43 Å². The first kappa shape index (κ1) is 10.5. The van der Waals surface area contributed by atoms with Crippen LogP contribution in [0.5, 0.6) is 0 Å². The monoisotopic (exact) mass is 229 g/mol. The van der Waals surface area contributed by atoms with Crippen molar-refractivity contribution in [3.05, 3.63) is 46.8 Å². The highest BCUT2D eigenvalue weighted by Crippen LogP contribution is 2.16. The van der Waals surface area contributed by atoms with Gasteiger partial charge in [-0.3, -0.25) is 4.79 Å². The smallest absolute Gasteiger partial charge is 0.189 e. The molecule has 0 saturated carbocycles. The van der Waals surface area contributed by atoms with Crippen LogP contribution in [0.2, 0.25) is 0 Å². The molecule has 1 fully saturated rings. The summed E-state index contributed by atoms with van der Waals surface area (Å²) in [6, 6.07) is 9.38. The molecule has 0 N–H and O–H groups in total. The van der Waals surface area contributed by atoms with E-state index in [1.807, 2.05) is 30.5 Å². The minimum atomic E-state index is 0.0872. The highest BCUT2D eigenvalue weighted by Gasteiger charge is 2.16. The van der Waals surface area contributed by atoms with Crippen LogP contribution in [0.4, 0.5) is 0 Å². The fraction of sp³-hybridized carbons (Fsp3) is 0.357. The average Bonchev–Trinajstić information content (AvgIpc) is 2.86. The molecular weight excluding hydrogens is 214 g/mol. The topological polar surface area (TPSA) is 31.2 Å². The summed E-state index contributed by atoms with van der Waals surface area (Å²) >= 11 is 0. The van der Waals surface area contributed by atoms with E-state index in [9.17, 15) is 4.79 Å². The summed E-state index contributed by atoms with van der Waals surface area (Å²) in [6.45, 7) is 1.70. The molecule has 3 rings (SSSR count). The number of hydrogen-bond acceptors (Lipinski definition) is 2. The first-order valence-corrected chi connectivity index (χ1v) is 6.04. The zero-order valence-electron chi connectivity index (χ0n) is 9.63. The number of para-hydroxylation sites is 1. The van der Waals surface area contributed by atoms with Gasteiger partial charge in [-0.25, -0.2) is 0 Å². The van der Waals surface area contributed by atoms with E-state index in [0.29, 0.717) is 6.10 Å². The molecular formula is C14H15NO2. The Balaban J connectivity index is 2.04. The number of nitrogens with zero attached hydrogens (tertiary/aromatic N) is 1. The minimum absolute atomic E-state index is 0.0872. The summed E-state index contributed by atoms with van der Waals surface area (Å²) in [4.78, 5) is 11.7. The largest absolute Gasteiger partial charge is 0.376 e. The number of rotatable bonds is 2. The van der Waals surface area contributed by atoms with Gasteiger partial charge in [0.05, 0.1) is 11.6 Å². The van der Waals surface area contributed by atoms with Crippen molar-refractivity contribution in [3.63, 3.8) is 0 Å². The maximum absolute atomic E-state index is 11.7. The lowest BCUT2D eigenvalue weighted by atomic mass is 10.2. The van der Waals surface area contributed by atoms with E-state index in [1.54, 1.807) is 6.07 Å². The van der Waals surface area contributed by atoms with Crippen LogP contribution >= 0.6 is 0 Å². The van der Waals surface area contributed by atoms with Crippen LogP contribution in [0.15, 0.2) is 41.3 Å². The van der Waals surface area contributed by atoms with E-state index in [4.69, 9.17) is 4.74 Å². The second kappa shape index (κ2) is 4.34. The zero-order valence-corrected chi connectivity index (χ0v) is 9.63. The van der Waals surface area contributed by atoms with Crippen molar-refractivity contribution >= 4 is 10.9 Å². The van der Waals surface area contributed by atoms with Crippen LogP contribution in [-0.2, 0) is 11.3 Å². The summed E-state index contributed by atoms with van der Waals surface area (Å²) in [5.41, 5.74) is 1.08. The van der Waals surface area contributed by atoms with Gasteiger partial charge in [-0.1, -0.05) is 12.1 Å². The molecule has 3 heteroatoms. The summed E-state index contributed by atoms with van der Waals surface area (Å²) in [5.74, 6) is 0. The van der Waals surface area contributed by atoms with Gasteiger partial charge in [-0.05, 0) is 25.0 Å². The van der Waals surface area contributed by atoms with Gasteiger partial charge in [-0.2, -0.15) is 0 Å². The van der Waals surface area contributed by atoms with E-state index in [0.717, 1.165) is 36.9 Å². The zero-order chi connectivity index (χ0) is 11.7.